The normalized spacial score (nSPS) is 13.3. The van der Waals surface area contributed by atoms with Crippen molar-refractivity contribution in [2.24, 2.45) is 5.92 Å². The molecule has 0 atom stereocenters. The molecule has 0 spiro atoms. The number of nitrogens with two attached hydrogens (primary N) is 1. The van der Waals surface area contributed by atoms with Crippen LogP contribution in [0.5, 0.6) is 5.75 Å². The van der Waals surface area contributed by atoms with Crippen molar-refractivity contribution in [3.63, 3.8) is 0 Å². The number of hydrogen-bond donors (Lipinski definition) is 2. The Bertz CT molecular complexity index is 1330. The molecular weight excluding hydrogens is 448 g/mol. The number of carbonyl (C=O) groups is 1. The van der Waals surface area contributed by atoms with Crippen LogP contribution in [0.4, 0.5) is 11.5 Å². The van der Waals surface area contributed by atoms with Gasteiger partial charge in [-0.1, -0.05) is 27.2 Å². The van der Waals surface area contributed by atoms with E-state index in [2.05, 4.69) is 4.98 Å². The number of anilines is 2. The van der Waals surface area contributed by atoms with Crippen LogP contribution < -0.4 is 26.6 Å². The highest BCUT2D eigenvalue weighted by atomic mass is 16.5. The fourth-order valence-corrected chi connectivity index (χ4v) is 4.61. The Hall–Kier alpha value is -3.49. The van der Waals surface area contributed by atoms with Gasteiger partial charge < -0.3 is 19.8 Å². The van der Waals surface area contributed by atoms with Gasteiger partial charge in [0.15, 0.2) is 12.3 Å². The molecule has 3 aromatic rings. The van der Waals surface area contributed by atoms with E-state index in [1.165, 1.54) is 15.0 Å². The Kier molecular flexibility index (Phi) is 7.33. The summed E-state index contributed by atoms with van der Waals surface area (Å²) in [6, 6.07) is 5.56. The highest BCUT2D eigenvalue weighted by Crippen LogP contribution is 2.34. The van der Waals surface area contributed by atoms with Crippen molar-refractivity contribution in [2.75, 3.05) is 23.8 Å². The third kappa shape index (κ3) is 5.13. The molecule has 2 aromatic heterocycles. The summed E-state index contributed by atoms with van der Waals surface area (Å²) in [4.78, 5) is 42.0. The van der Waals surface area contributed by atoms with Gasteiger partial charge >= 0.3 is 5.69 Å². The summed E-state index contributed by atoms with van der Waals surface area (Å²) in [6.07, 6.45) is 5.75. The standard InChI is InChI=1S/C26H34N4O5/c1-4-5-12-29-24(27)23(25(32)28-26(29)33)30(14-16(2)3)22(31)15-34-17-10-11-21-19(13-17)18-8-6-7-9-20(18)35-21/h10-11,13,16H,4-9,12,14-15,27H2,1-3H3,(H,28,32,33). The predicted molar refractivity (Wildman–Crippen MR) is 136 cm³/mol. The second-order valence-corrected chi connectivity index (χ2v) is 9.55. The first kappa shape index (κ1) is 24.6. The van der Waals surface area contributed by atoms with E-state index in [0.29, 0.717) is 12.3 Å². The number of furan rings is 1. The lowest BCUT2D eigenvalue weighted by atomic mass is 9.96. The van der Waals surface area contributed by atoms with Crippen LogP contribution in [0.25, 0.3) is 11.0 Å². The SMILES string of the molecule is CCCCn1c(N)c(N(CC(C)C)C(=O)COc2ccc3oc4c(c3c2)CCCC4)c(=O)[nH]c1=O. The summed E-state index contributed by atoms with van der Waals surface area (Å²) in [5, 5.41) is 1.02. The lowest BCUT2D eigenvalue weighted by Gasteiger charge is -2.26. The van der Waals surface area contributed by atoms with Gasteiger partial charge in [0.05, 0.1) is 0 Å². The van der Waals surface area contributed by atoms with Gasteiger partial charge in [-0.25, -0.2) is 4.79 Å². The third-order valence-corrected chi connectivity index (χ3v) is 6.36. The van der Waals surface area contributed by atoms with Crippen molar-refractivity contribution in [3.8, 4) is 5.75 Å². The van der Waals surface area contributed by atoms with Crippen molar-refractivity contribution in [1.82, 2.24) is 9.55 Å². The molecule has 9 nitrogen and oxygen atoms in total. The fraction of sp³-hybridized carbons (Fsp3) is 0.500. The molecule has 0 fully saturated rings. The summed E-state index contributed by atoms with van der Waals surface area (Å²) in [7, 11) is 0. The molecule has 1 aliphatic rings. The number of nitrogens with one attached hydrogen (secondary N) is 1. The van der Waals surface area contributed by atoms with Crippen LogP contribution in [0.15, 0.2) is 32.2 Å². The van der Waals surface area contributed by atoms with E-state index in [0.717, 1.165) is 55.3 Å². The lowest BCUT2D eigenvalue weighted by Crippen LogP contribution is -2.44. The van der Waals surface area contributed by atoms with E-state index in [1.54, 1.807) is 6.07 Å². The zero-order valence-corrected chi connectivity index (χ0v) is 20.7. The van der Waals surface area contributed by atoms with Crippen molar-refractivity contribution in [3.05, 3.63) is 50.4 Å². The fourth-order valence-electron chi connectivity index (χ4n) is 4.61. The molecule has 0 radical (unpaired) electrons. The zero-order valence-electron chi connectivity index (χ0n) is 20.7. The van der Waals surface area contributed by atoms with Gasteiger partial charge in [0.2, 0.25) is 0 Å². The van der Waals surface area contributed by atoms with Gasteiger partial charge in [-0.05, 0) is 49.8 Å². The quantitative estimate of drug-likeness (QED) is 0.480. The van der Waals surface area contributed by atoms with Crippen LogP contribution >= 0.6 is 0 Å². The molecule has 35 heavy (non-hydrogen) atoms. The number of carbonyl (C=O) groups excluding carboxylic acids is 1. The van der Waals surface area contributed by atoms with Crippen molar-refractivity contribution in [1.29, 1.82) is 0 Å². The third-order valence-electron chi connectivity index (χ3n) is 6.36. The number of aromatic amines is 1. The van der Waals surface area contributed by atoms with Gasteiger partial charge in [-0.2, -0.15) is 0 Å². The number of aromatic nitrogens is 2. The van der Waals surface area contributed by atoms with Gasteiger partial charge in [0.1, 0.15) is 22.9 Å². The lowest BCUT2D eigenvalue weighted by molar-refractivity contribution is -0.120. The second-order valence-electron chi connectivity index (χ2n) is 9.55. The number of hydrogen-bond acceptors (Lipinski definition) is 6. The number of nitrogen functional groups attached to an aromatic ring is 1. The molecular formula is C26H34N4O5. The Morgan fingerprint density at radius 2 is 2.03 bits per heavy atom. The van der Waals surface area contributed by atoms with Crippen LogP contribution in [-0.4, -0.2) is 28.6 Å². The smallest absolute Gasteiger partial charge is 0.330 e. The van der Waals surface area contributed by atoms with Gasteiger partial charge in [0.25, 0.3) is 11.5 Å². The average molecular weight is 483 g/mol. The molecule has 0 bridgehead atoms. The first-order valence-electron chi connectivity index (χ1n) is 12.4. The Balaban J connectivity index is 1.60. The summed E-state index contributed by atoms with van der Waals surface area (Å²) < 4.78 is 13.2. The maximum atomic E-state index is 13.3. The minimum absolute atomic E-state index is 0.00681. The number of amides is 1. The maximum absolute atomic E-state index is 13.3. The number of H-pyrrole nitrogens is 1. The number of fused-ring (bicyclic) bond motifs is 3. The minimum atomic E-state index is -0.680. The largest absolute Gasteiger partial charge is 0.484 e. The van der Waals surface area contributed by atoms with Gasteiger partial charge in [-0.3, -0.25) is 19.1 Å². The maximum Gasteiger partial charge on any atom is 0.330 e. The van der Waals surface area contributed by atoms with Crippen LogP contribution in [0.1, 0.15) is 57.8 Å². The number of nitrogens with zero attached hydrogens (tertiary/aromatic N) is 2. The molecule has 188 valence electrons. The highest BCUT2D eigenvalue weighted by Gasteiger charge is 2.26. The van der Waals surface area contributed by atoms with Crippen molar-refractivity contribution >= 4 is 28.4 Å². The number of unbranched alkanes of at least 4 members (excludes halogenated alkanes) is 1. The molecule has 1 amide bonds. The van der Waals surface area contributed by atoms with Crippen LogP contribution in [0, 0.1) is 5.92 Å². The number of rotatable bonds is 9. The van der Waals surface area contributed by atoms with Gasteiger partial charge in [-0.15, -0.1) is 0 Å². The number of ether oxygens (including phenoxy) is 1. The summed E-state index contributed by atoms with van der Waals surface area (Å²) in [5.41, 5.74) is 7.04. The van der Waals surface area contributed by atoms with Crippen molar-refractivity contribution < 1.29 is 13.9 Å². The van der Waals surface area contributed by atoms with Crippen LogP contribution in [-0.2, 0) is 24.2 Å². The molecule has 3 N–H and O–H groups in total. The van der Waals surface area contributed by atoms with E-state index < -0.39 is 17.2 Å². The first-order chi connectivity index (χ1) is 16.8. The number of benzene rings is 1. The first-order valence-corrected chi connectivity index (χ1v) is 12.4. The minimum Gasteiger partial charge on any atom is -0.484 e. The molecule has 4 rings (SSSR count). The van der Waals surface area contributed by atoms with E-state index in [9.17, 15) is 14.4 Å². The summed E-state index contributed by atoms with van der Waals surface area (Å²) in [6.45, 7) is 6.22. The molecule has 1 aliphatic carbocycles. The molecule has 9 heteroatoms. The van der Waals surface area contributed by atoms with E-state index in [1.807, 2.05) is 32.9 Å². The van der Waals surface area contributed by atoms with E-state index >= 15 is 0 Å². The zero-order chi connectivity index (χ0) is 25.1. The molecule has 0 saturated heterocycles. The molecule has 2 heterocycles. The highest BCUT2D eigenvalue weighted by molar-refractivity contribution is 5.96. The average Bonchev–Trinajstić information content (AvgIpc) is 3.19. The topological polar surface area (TPSA) is 124 Å². The van der Waals surface area contributed by atoms with E-state index in [-0.39, 0.29) is 30.6 Å². The van der Waals surface area contributed by atoms with E-state index in [4.69, 9.17) is 14.9 Å². The molecule has 0 saturated carbocycles. The van der Waals surface area contributed by atoms with Crippen molar-refractivity contribution in [2.45, 2.75) is 65.8 Å². The summed E-state index contributed by atoms with van der Waals surface area (Å²) in [5.74, 6) is 1.23. The Morgan fingerprint density at radius 1 is 1.26 bits per heavy atom. The molecule has 1 aromatic carbocycles. The van der Waals surface area contributed by atoms with Gasteiger partial charge in [0, 0.05) is 30.5 Å². The van der Waals surface area contributed by atoms with Crippen LogP contribution in [0.2, 0.25) is 0 Å². The molecule has 0 unspecified atom stereocenters. The predicted octanol–water partition coefficient (Wildman–Crippen LogP) is 3.61. The second kappa shape index (κ2) is 10.4. The Labute approximate surface area is 203 Å². The summed E-state index contributed by atoms with van der Waals surface area (Å²) >= 11 is 0. The van der Waals surface area contributed by atoms with Crippen LogP contribution in [0.3, 0.4) is 0 Å². The molecule has 0 aliphatic heterocycles. The monoisotopic (exact) mass is 482 g/mol. The number of aryl methyl sites for hydroxylation is 2. The Morgan fingerprint density at radius 3 is 2.77 bits per heavy atom.